The first-order valence-electron chi connectivity index (χ1n) is 4.90. The monoisotopic (exact) mass is 280 g/mol. The smallest absolute Gasteiger partial charge is 0.234 e. The van der Waals surface area contributed by atoms with Crippen molar-refractivity contribution in [2.75, 3.05) is 19.6 Å². The molecule has 0 saturated carbocycles. The van der Waals surface area contributed by atoms with Crippen LogP contribution < -0.4 is 16.4 Å². The second kappa shape index (κ2) is 11.6. The van der Waals surface area contributed by atoms with Crippen LogP contribution in [0.1, 0.15) is 5.69 Å². The third-order valence-electron chi connectivity index (χ3n) is 1.80. The van der Waals surface area contributed by atoms with E-state index in [9.17, 15) is 4.79 Å². The number of hydrogen-bond donors (Lipinski definition) is 3. The minimum absolute atomic E-state index is 0. The Labute approximate surface area is 113 Å². The lowest BCUT2D eigenvalue weighted by atomic mass is 10.3. The van der Waals surface area contributed by atoms with Gasteiger partial charge in [0, 0.05) is 19.3 Å². The van der Waals surface area contributed by atoms with Gasteiger partial charge in [0.15, 0.2) is 0 Å². The van der Waals surface area contributed by atoms with E-state index in [0.717, 1.165) is 5.69 Å². The average Bonchev–Trinajstić information content (AvgIpc) is 2.28. The molecule has 0 bridgehead atoms. The second-order valence-electron chi connectivity index (χ2n) is 3.06. The molecule has 17 heavy (non-hydrogen) atoms. The molecule has 0 radical (unpaired) electrons. The summed E-state index contributed by atoms with van der Waals surface area (Å²) in [7, 11) is 0. The highest BCUT2D eigenvalue weighted by atomic mass is 35.5. The number of aromatic nitrogens is 1. The highest BCUT2D eigenvalue weighted by Gasteiger charge is 1.99. The van der Waals surface area contributed by atoms with Crippen LogP contribution in [0.2, 0.25) is 0 Å². The zero-order valence-corrected chi connectivity index (χ0v) is 11.0. The van der Waals surface area contributed by atoms with Crippen LogP contribution in [0.5, 0.6) is 0 Å². The van der Waals surface area contributed by atoms with Crippen molar-refractivity contribution in [3.63, 3.8) is 0 Å². The summed E-state index contributed by atoms with van der Waals surface area (Å²) in [5, 5.41) is 5.67. The molecule has 5 nitrogen and oxygen atoms in total. The lowest BCUT2D eigenvalue weighted by Gasteiger charge is -2.05. The Morgan fingerprint density at radius 2 is 2.12 bits per heavy atom. The first-order valence-corrected chi connectivity index (χ1v) is 4.90. The van der Waals surface area contributed by atoms with Gasteiger partial charge in [-0.3, -0.25) is 9.78 Å². The summed E-state index contributed by atoms with van der Waals surface area (Å²) in [5.41, 5.74) is 6.13. The quantitative estimate of drug-likeness (QED) is 0.646. The third kappa shape index (κ3) is 8.88. The molecule has 7 heteroatoms. The van der Waals surface area contributed by atoms with Crippen LogP contribution >= 0.6 is 24.8 Å². The Kier molecular flexibility index (Phi) is 12.6. The normalized spacial score (nSPS) is 8.76. The molecule has 4 N–H and O–H groups in total. The summed E-state index contributed by atoms with van der Waals surface area (Å²) in [4.78, 5) is 15.3. The summed E-state index contributed by atoms with van der Waals surface area (Å²) in [5.74, 6) is -0.0471. The number of pyridine rings is 1. The number of nitrogens with two attached hydrogens (primary N) is 1. The molecule has 0 unspecified atom stereocenters. The molecule has 0 spiro atoms. The Balaban J connectivity index is 0. The van der Waals surface area contributed by atoms with Gasteiger partial charge in [0.2, 0.25) is 5.91 Å². The van der Waals surface area contributed by atoms with Gasteiger partial charge in [0.05, 0.1) is 18.8 Å². The molecule has 0 atom stereocenters. The van der Waals surface area contributed by atoms with E-state index >= 15 is 0 Å². The van der Waals surface area contributed by atoms with Crippen LogP contribution in [-0.4, -0.2) is 30.5 Å². The van der Waals surface area contributed by atoms with Gasteiger partial charge in [-0.25, -0.2) is 0 Å². The van der Waals surface area contributed by atoms with Crippen molar-refractivity contribution in [3.05, 3.63) is 30.1 Å². The van der Waals surface area contributed by atoms with Gasteiger partial charge in [-0.15, -0.1) is 24.8 Å². The van der Waals surface area contributed by atoms with E-state index in [-0.39, 0.29) is 30.7 Å². The maximum absolute atomic E-state index is 11.2. The van der Waals surface area contributed by atoms with Gasteiger partial charge in [0.25, 0.3) is 0 Å². The minimum atomic E-state index is -0.0471. The molecule has 1 amide bonds. The summed E-state index contributed by atoms with van der Waals surface area (Å²) < 4.78 is 0. The Hall–Kier alpha value is -0.880. The number of amides is 1. The molecule has 1 rings (SSSR count). The largest absolute Gasteiger partial charge is 0.349 e. The Bertz CT molecular complexity index is 298. The van der Waals surface area contributed by atoms with Gasteiger partial charge in [-0.2, -0.15) is 0 Å². The molecule has 1 heterocycles. The lowest BCUT2D eigenvalue weighted by Crippen LogP contribution is -2.35. The minimum Gasteiger partial charge on any atom is -0.349 e. The van der Waals surface area contributed by atoms with Crippen LogP contribution in [0.25, 0.3) is 0 Å². The zero-order valence-electron chi connectivity index (χ0n) is 9.39. The lowest BCUT2D eigenvalue weighted by molar-refractivity contribution is -0.120. The van der Waals surface area contributed by atoms with E-state index in [0.29, 0.717) is 26.2 Å². The van der Waals surface area contributed by atoms with Crippen LogP contribution in [-0.2, 0) is 11.3 Å². The van der Waals surface area contributed by atoms with Crippen molar-refractivity contribution in [2.45, 2.75) is 6.54 Å². The summed E-state index contributed by atoms with van der Waals surface area (Å²) in [6.45, 7) is 1.94. The van der Waals surface area contributed by atoms with Crippen LogP contribution in [0, 0.1) is 0 Å². The highest BCUT2D eigenvalue weighted by molar-refractivity contribution is 5.85. The summed E-state index contributed by atoms with van der Waals surface area (Å²) >= 11 is 0. The van der Waals surface area contributed by atoms with Crippen molar-refractivity contribution in [1.82, 2.24) is 15.6 Å². The van der Waals surface area contributed by atoms with E-state index in [1.165, 1.54) is 0 Å². The van der Waals surface area contributed by atoms with Crippen molar-refractivity contribution >= 4 is 30.7 Å². The maximum atomic E-state index is 11.2. The molecule has 98 valence electrons. The molecular formula is C10H18Cl2N4O. The number of hydrogen-bond acceptors (Lipinski definition) is 4. The van der Waals surface area contributed by atoms with E-state index < -0.39 is 0 Å². The van der Waals surface area contributed by atoms with Crippen LogP contribution in [0.4, 0.5) is 0 Å². The molecule has 0 fully saturated rings. The highest BCUT2D eigenvalue weighted by Crippen LogP contribution is 1.91. The molecule has 0 aliphatic heterocycles. The fourth-order valence-electron chi connectivity index (χ4n) is 1.06. The molecule has 0 aliphatic rings. The predicted molar refractivity (Wildman–Crippen MR) is 72.5 cm³/mol. The number of rotatable bonds is 6. The van der Waals surface area contributed by atoms with E-state index in [1.807, 2.05) is 18.2 Å². The van der Waals surface area contributed by atoms with Crippen LogP contribution in [0.15, 0.2) is 24.4 Å². The Morgan fingerprint density at radius 3 is 2.71 bits per heavy atom. The predicted octanol–water partition coefficient (Wildman–Crippen LogP) is 0.0897. The standard InChI is InChI=1S/C10H16N4O.2ClH/c11-4-6-12-8-10(15)14-7-9-3-1-2-5-13-9;;/h1-3,5,12H,4,6-8,11H2,(H,14,15);2*1H. The molecule has 0 aliphatic carbocycles. The molecule has 0 saturated heterocycles. The number of nitrogens with zero attached hydrogens (tertiary/aromatic N) is 1. The molecular weight excluding hydrogens is 263 g/mol. The fraction of sp³-hybridized carbons (Fsp3) is 0.400. The molecule has 0 aromatic carbocycles. The first kappa shape index (κ1) is 18.5. The number of nitrogens with one attached hydrogen (secondary N) is 2. The van der Waals surface area contributed by atoms with Gasteiger partial charge in [-0.05, 0) is 12.1 Å². The SMILES string of the molecule is Cl.Cl.NCCNCC(=O)NCc1ccccn1. The number of carbonyl (C=O) groups excluding carboxylic acids is 1. The van der Waals surface area contributed by atoms with E-state index in [4.69, 9.17) is 5.73 Å². The van der Waals surface area contributed by atoms with E-state index in [1.54, 1.807) is 6.20 Å². The topological polar surface area (TPSA) is 80.0 Å². The van der Waals surface area contributed by atoms with Gasteiger partial charge in [0.1, 0.15) is 0 Å². The first-order chi connectivity index (χ1) is 7.33. The molecule has 1 aromatic heterocycles. The summed E-state index contributed by atoms with van der Waals surface area (Å²) in [6, 6.07) is 5.60. The van der Waals surface area contributed by atoms with Crippen molar-refractivity contribution in [1.29, 1.82) is 0 Å². The van der Waals surface area contributed by atoms with Gasteiger partial charge >= 0.3 is 0 Å². The number of carbonyl (C=O) groups is 1. The average molecular weight is 281 g/mol. The van der Waals surface area contributed by atoms with E-state index in [2.05, 4.69) is 15.6 Å². The summed E-state index contributed by atoms with van der Waals surface area (Å²) in [6.07, 6.45) is 1.70. The fourth-order valence-corrected chi connectivity index (χ4v) is 1.06. The van der Waals surface area contributed by atoms with Gasteiger partial charge < -0.3 is 16.4 Å². The maximum Gasteiger partial charge on any atom is 0.234 e. The van der Waals surface area contributed by atoms with Crippen molar-refractivity contribution in [3.8, 4) is 0 Å². The molecule has 1 aromatic rings. The third-order valence-corrected chi connectivity index (χ3v) is 1.80. The van der Waals surface area contributed by atoms with Crippen LogP contribution in [0.3, 0.4) is 0 Å². The number of halogens is 2. The zero-order chi connectivity index (χ0) is 10.9. The van der Waals surface area contributed by atoms with Gasteiger partial charge in [-0.1, -0.05) is 6.07 Å². The second-order valence-corrected chi connectivity index (χ2v) is 3.06. The van der Waals surface area contributed by atoms with Crippen molar-refractivity contribution < 1.29 is 4.79 Å². The van der Waals surface area contributed by atoms with Crippen molar-refractivity contribution in [2.24, 2.45) is 5.73 Å². The Morgan fingerprint density at radius 1 is 1.35 bits per heavy atom.